The first-order chi connectivity index (χ1) is 16.7. The number of rotatable bonds is 8. The van der Waals surface area contributed by atoms with Gasteiger partial charge in [-0.1, -0.05) is 23.7 Å². The van der Waals surface area contributed by atoms with Crippen molar-refractivity contribution in [1.82, 2.24) is 9.71 Å². The molecule has 9 nitrogen and oxygen atoms in total. The van der Waals surface area contributed by atoms with Gasteiger partial charge in [-0.2, -0.15) is 5.26 Å². The fourth-order valence-electron chi connectivity index (χ4n) is 3.82. The van der Waals surface area contributed by atoms with Crippen molar-refractivity contribution in [2.24, 2.45) is 5.92 Å². The van der Waals surface area contributed by atoms with Crippen LogP contribution in [0, 0.1) is 17.2 Å². The predicted molar refractivity (Wildman–Crippen MR) is 127 cm³/mol. The molecular weight excluding hydrogens is 499 g/mol. The topological polar surface area (TPSA) is 129 Å². The number of nitriles is 1. The van der Waals surface area contributed by atoms with Gasteiger partial charge in [-0.05, 0) is 43.5 Å². The summed E-state index contributed by atoms with van der Waals surface area (Å²) in [7, 11) is -3.92. The fraction of sp³-hybridized carbons (Fsp3) is 0.391. The van der Waals surface area contributed by atoms with E-state index in [1.54, 1.807) is 30.0 Å². The molecule has 0 bridgehead atoms. The lowest BCUT2D eigenvalue weighted by molar-refractivity contribution is -0.123. The van der Waals surface area contributed by atoms with Gasteiger partial charge in [0, 0.05) is 24.0 Å². The van der Waals surface area contributed by atoms with Gasteiger partial charge in [0.05, 0.1) is 29.2 Å². The van der Waals surface area contributed by atoms with Gasteiger partial charge in [0.1, 0.15) is 18.6 Å². The molecule has 3 rings (SSSR count). The van der Waals surface area contributed by atoms with Crippen LogP contribution in [0.25, 0.3) is 0 Å². The van der Waals surface area contributed by atoms with Crippen LogP contribution in [0.2, 0.25) is 5.02 Å². The second-order valence-corrected chi connectivity index (χ2v) is 10.1. The highest BCUT2D eigenvalue weighted by Gasteiger charge is 2.30. The van der Waals surface area contributed by atoms with Crippen LogP contribution in [0.15, 0.2) is 30.3 Å². The Morgan fingerprint density at radius 1 is 1.31 bits per heavy atom. The number of hydrogen-bond donors (Lipinski definition) is 1. The molecule has 1 aromatic carbocycles. The van der Waals surface area contributed by atoms with Crippen LogP contribution in [0.4, 0.5) is 10.2 Å². The largest absolute Gasteiger partial charge is 0.462 e. The Kier molecular flexibility index (Phi) is 8.64. The third-order valence-electron chi connectivity index (χ3n) is 5.49. The van der Waals surface area contributed by atoms with Gasteiger partial charge in [-0.15, -0.1) is 0 Å². The van der Waals surface area contributed by atoms with Crippen LogP contribution in [0.5, 0.6) is 0 Å². The Bertz CT molecular complexity index is 1260. The molecule has 2 aromatic rings. The number of esters is 1. The molecule has 1 fully saturated rings. The quantitative estimate of drug-likeness (QED) is 0.523. The second kappa shape index (κ2) is 11.5. The molecule has 0 aliphatic carbocycles. The van der Waals surface area contributed by atoms with Gasteiger partial charge >= 0.3 is 5.97 Å². The lowest BCUT2D eigenvalue weighted by Crippen LogP contribution is -2.43. The van der Waals surface area contributed by atoms with Gasteiger partial charge in [-0.3, -0.25) is 9.52 Å². The number of halogens is 2. The molecule has 0 saturated carbocycles. The number of hydrogen-bond acceptors (Lipinski definition) is 8. The number of pyridine rings is 1. The summed E-state index contributed by atoms with van der Waals surface area (Å²) in [6, 6.07) is 9.60. The zero-order chi connectivity index (χ0) is 25.6. The normalized spacial score (nSPS) is 14.3. The Hall–Kier alpha value is -3.23. The van der Waals surface area contributed by atoms with Gasteiger partial charge in [-0.25, -0.2) is 22.6 Å². The van der Waals surface area contributed by atoms with Crippen LogP contribution >= 0.6 is 11.6 Å². The first-order valence-corrected chi connectivity index (χ1v) is 12.9. The number of alkyl halides is 1. The molecule has 1 N–H and O–H groups in total. The molecule has 0 atom stereocenters. The van der Waals surface area contributed by atoms with Crippen LogP contribution in [0.1, 0.15) is 46.9 Å². The average Bonchev–Trinajstić information content (AvgIpc) is 2.82. The van der Waals surface area contributed by atoms with E-state index in [0.717, 1.165) is 0 Å². The number of ether oxygens (including phenoxy) is 1. The molecule has 12 heteroatoms. The van der Waals surface area contributed by atoms with Crippen molar-refractivity contribution in [1.29, 1.82) is 5.26 Å². The van der Waals surface area contributed by atoms with E-state index in [1.807, 2.05) is 6.07 Å². The van der Waals surface area contributed by atoms with Crippen LogP contribution in [0.3, 0.4) is 0 Å². The maximum Gasteiger partial charge on any atom is 0.340 e. The molecule has 0 spiro atoms. The highest BCUT2D eigenvalue weighted by atomic mass is 35.5. The van der Waals surface area contributed by atoms with E-state index in [0.29, 0.717) is 36.5 Å². The summed E-state index contributed by atoms with van der Waals surface area (Å²) in [4.78, 5) is 30.6. The lowest BCUT2D eigenvalue weighted by Gasteiger charge is -2.32. The highest BCUT2D eigenvalue weighted by molar-refractivity contribution is 7.89. The monoisotopic (exact) mass is 522 g/mol. The van der Waals surface area contributed by atoms with Crippen molar-refractivity contribution >= 4 is 39.3 Å². The Labute approximate surface area is 207 Å². The molecule has 1 aromatic heterocycles. The number of amides is 1. The van der Waals surface area contributed by atoms with Crippen molar-refractivity contribution in [3.8, 4) is 6.07 Å². The van der Waals surface area contributed by atoms with Gasteiger partial charge in [0.2, 0.25) is 15.9 Å². The Balaban J connectivity index is 1.67. The number of aromatic nitrogens is 1. The van der Waals surface area contributed by atoms with Crippen molar-refractivity contribution in [2.45, 2.75) is 32.2 Å². The molecule has 2 heterocycles. The summed E-state index contributed by atoms with van der Waals surface area (Å²) in [5.74, 6) is -2.11. The smallest absolute Gasteiger partial charge is 0.340 e. The van der Waals surface area contributed by atoms with Crippen molar-refractivity contribution in [3.05, 3.63) is 57.7 Å². The summed E-state index contributed by atoms with van der Waals surface area (Å²) in [5, 5.41) is 9.95. The number of anilines is 1. The van der Waals surface area contributed by atoms with E-state index in [2.05, 4.69) is 9.71 Å². The summed E-state index contributed by atoms with van der Waals surface area (Å²) in [5.41, 5.74) is 0.299. The number of carbonyl (C=O) groups is 2. The first kappa shape index (κ1) is 26.4. The number of nitrogens with zero attached hydrogens (tertiary/aromatic N) is 3. The van der Waals surface area contributed by atoms with Crippen LogP contribution in [-0.4, -0.2) is 45.0 Å². The summed E-state index contributed by atoms with van der Waals surface area (Å²) in [6.07, 6.45) is 0.602. The molecular formula is C23H24ClFN4O5S. The minimum atomic E-state index is -3.92. The molecule has 0 radical (unpaired) electrons. The number of nitrogens with one attached hydrogen (secondary N) is 1. The van der Waals surface area contributed by atoms with Crippen LogP contribution < -0.4 is 9.62 Å². The average molecular weight is 523 g/mol. The van der Waals surface area contributed by atoms with E-state index in [4.69, 9.17) is 16.3 Å². The van der Waals surface area contributed by atoms with Gasteiger partial charge in [0.15, 0.2) is 0 Å². The molecule has 1 aliphatic rings. The SMILES string of the molecule is CCOC(=O)c1cc(C#N)c(N2CCC(C(=O)NS(=O)(=O)Cc3cccc(Cl)c3)CC2)nc1CF. The number of benzene rings is 1. The predicted octanol–water partition coefficient (Wildman–Crippen LogP) is 3.12. The van der Waals surface area contributed by atoms with Gasteiger partial charge in [0.25, 0.3) is 0 Å². The molecule has 1 amide bonds. The second-order valence-electron chi connectivity index (χ2n) is 7.94. The number of sulfonamides is 1. The van der Waals surface area contributed by atoms with Crippen molar-refractivity contribution < 1.29 is 27.1 Å². The number of piperidine rings is 1. The van der Waals surface area contributed by atoms with E-state index < -0.39 is 34.5 Å². The lowest BCUT2D eigenvalue weighted by atomic mass is 9.96. The Morgan fingerprint density at radius 3 is 2.63 bits per heavy atom. The van der Waals surface area contributed by atoms with Crippen molar-refractivity contribution in [3.63, 3.8) is 0 Å². The number of carbonyl (C=O) groups excluding carboxylic acids is 2. The van der Waals surface area contributed by atoms with E-state index in [1.165, 1.54) is 12.1 Å². The van der Waals surface area contributed by atoms with E-state index in [9.17, 15) is 27.7 Å². The van der Waals surface area contributed by atoms with Gasteiger partial charge < -0.3 is 9.64 Å². The van der Waals surface area contributed by atoms with E-state index >= 15 is 0 Å². The zero-order valence-electron chi connectivity index (χ0n) is 19.0. The zero-order valence-corrected chi connectivity index (χ0v) is 20.5. The molecule has 186 valence electrons. The summed E-state index contributed by atoms with van der Waals surface area (Å²) >= 11 is 5.89. The molecule has 35 heavy (non-hydrogen) atoms. The summed E-state index contributed by atoms with van der Waals surface area (Å²) in [6.45, 7) is 1.27. The maximum absolute atomic E-state index is 13.6. The minimum absolute atomic E-state index is 0.0808. The maximum atomic E-state index is 13.6. The molecule has 1 aliphatic heterocycles. The Morgan fingerprint density at radius 2 is 2.03 bits per heavy atom. The van der Waals surface area contributed by atoms with Crippen LogP contribution in [-0.2, 0) is 32.0 Å². The molecule has 1 saturated heterocycles. The highest BCUT2D eigenvalue weighted by Crippen LogP contribution is 2.27. The fourth-order valence-corrected chi connectivity index (χ4v) is 5.20. The summed E-state index contributed by atoms with van der Waals surface area (Å²) < 4.78 is 45.5. The van der Waals surface area contributed by atoms with Crippen molar-refractivity contribution in [2.75, 3.05) is 24.6 Å². The van der Waals surface area contributed by atoms with E-state index in [-0.39, 0.29) is 35.0 Å². The first-order valence-electron chi connectivity index (χ1n) is 10.9. The molecule has 0 unspecified atom stereocenters. The third-order valence-corrected chi connectivity index (χ3v) is 6.95. The standard InChI is InChI=1S/C23H24ClFN4O5S/c1-2-34-23(31)19-11-17(13-26)21(27-20(19)12-25)29-8-6-16(7-9-29)22(30)28-35(32,33)14-15-4-3-5-18(24)10-15/h3-5,10-11,16H,2,6-9,12,14H2,1H3,(H,28,30). The third kappa shape index (κ3) is 6.68. The minimum Gasteiger partial charge on any atom is -0.462 e.